The standard InChI is InChI=1S/C11H14BrNO2S/c1-2-13-10(11(14)15)7-16-9-5-3-4-8(12)6-9/h3-6,10,13H,2,7H2,1H3,(H,14,15). The lowest BCUT2D eigenvalue weighted by atomic mass is 10.3. The second kappa shape index (κ2) is 6.93. The number of thioether (sulfide) groups is 1. The molecular formula is C11H14BrNO2S. The van der Waals surface area contributed by atoms with Crippen LogP contribution in [0.4, 0.5) is 0 Å². The van der Waals surface area contributed by atoms with E-state index in [1.165, 1.54) is 11.8 Å². The molecule has 16 heavy (non-hydrogen) atoms. The van der Waals surface area contributed by atoms with E-state index in [1.807, 2.05) is 31.2 Å². The Hall–Kier alpha value is -0.520. The largest absolute Gasteiger partial charge is 0.480 e. The second-order valence-electron chi connectivity index (χ2n) is 3.22. The Bertz CT molecular complexity index is 360. The molecule has 88 valence electrons. The number of carboxylic acid groups (broad SMARTS) is 1. The Morgan fingerprint density at radius 2 is 2.38 bits per heavy atom. The van der Waals surface area contributed by atoms with Crippen molar-refractivity contribution < 1.29 is 9.90 Å². The summed E-state index contributed by atoms with van der Waals surface area (Å²) in [7, 11) is 0. The van der Waals surface area contributed by atoms with Crippen LogP contribution in [0.1, 0.15) is 6.92 Å². The zero-order chi connectivity index (χ0) is 12.0. The van der Waals surface area contributed by atoms with Crippen LogP contribution in [0.15, 0.2) is 33.6 Å². The van der Waals surface area contributed by atoms with Crippen molar-refractivity contribution >= 4 is 33.7 Å². The van der Waals surface area contributed by atoms with Crippen LogP contribution < -0.4 is 5.32 Å². The molecule has 0 fully saturated rings. The van der Waals surface area contributed by atoms with Crippen LogP contribution in [0, 0.1) is 0 Å². The fourth-order valence-electron chi connectivity index (χ4n) is 1.20. The van der Waals surface area contributed by atoms with Crippen molar-refractivity contribution in [2.45, 2.75) is 17.9 Å². The van der Waals surface area contributed by atoms with Crippen molar-refractivity contribution in [3.05, 3.63) is 28.7 Å². The van der Waals surface area contributed by atoms with E-state index in [9.17, 15) is 4.79 Å². The number of rotatable bonds is 6. The van der Waals surface area contributed by atoms with E-state index in [4.69, 9.17) is 5.11 Å². The van der Waals surface area contributed by atoms with E-state index in [0.717, 1.165) is 9.37 Å². The molecule has 0 aliphatic carbocycles. The van der Waals surface area contributed by atoms with Crippen molar-refractivity contribution in [1.29, 1.82) is 0 Å². The minimum Gasteiger partial charge on any atom is -0.480 e. The van der Waals surface area contributed by atoms with Gasteiger partial charge in [-0.15, -0.1) is 11.8 Å². The van der Waals surface area contributed by atoms with Gasteiger partial charge in [-0.3, -0.25) is 4.79 Å². The number of carboxylic acids is 1. The Balaban J connectivity index is 2.51. The fourth-order valence-corrected chi connectivity index (χ4v) is 2.76. The first-order chi connectivity index (χ1) is 7.63. The van der Waals surface area contributed by atoms with Gasteiger partial charge in [0.1, 0.15) is 6.04 Å². The Labute approximate surface area is 108 Å². The van der Waals surface area contributed by atoms with E-state index in [0.29, 0.717) is 12.3 Å². The number of aliphatic carboxylic acids is 1. The summed E-state index contributed by atoms with van der Waals surface area (Å²) in [6.45, 7) is 2.57. The molecule has 3 nitrogen and oxygen atoms in total. The maximum absolute atomic E-state index is 10.9. The van der Waals surface area contributed by atoms with E-state index < -0.39 is 12.0 Å². The quantitative estimate of drug-likeness (QED) is 0.793. The lowest BCUT2D eigenvalue weighted by Gasteiger charge is -2.12. The van der Waals surface area contributed by atoms with Crippen LogP contribution in [0.3, 0.4) is 0 Å². The predicted octanol–water partition coefficient (Wildman–Crippen LogP) is 2.60. The summed E-state index contributed by atoms with van der Waals surface area (Å²) < 4.78 is 1.01. The third-order valence-corrected chi connectivity index (χ3v) is 3.54. The number of likely N-dealkylation sites (N-methyl/N-ethyl adjacent to an activating group) is 1. The molecule has 0 amide bonds. The number of halogens is 1. The number of nitrogens with one attached hydrogen (secondary N) is 1. The van der Waals surface area contributed by atoms with Crippen LogP contribution in [0.2, 0.25) is 0 Å². The zero-order valence-electron chi connectivity index (χ0n) is 8.94. The fraction of sp³-hybridized carbons (Fsp3) is 0.364. The van der Waals surface area contributed by atoms with Crippen LogP contribution in [0.25, 0.3) is 0 Å². The molecule has 0 saturated heterocycles. The highest BCUT2D eigenvalue weighted by Gasteiger charge is 2.15. The first kappa shape index (κ1) is 13.5. The molecule has 0 aromatic heterocycles. The van der Waals surface area contributed by atoms with Gasteiger partial charge in [0, 0.05) is 15.1 Å². The molecule has 1 rings (SSSR count). The molecule has 5 heteroatoms. The highest BCUT2D eigenvalue weighted by molar-refractivity contribution is 9.10. The lowest BCUT2D eigenvalue weighted by Crippen LogP contribution is -2.38. The summed E-state index contributed by atoms with van der Waals surface area (Å²) in [6.07, 6.45) is 0. The van der Waals surface area contributed by atoms with Crippen molar-refractivity contribution in [3.63, 3.8) is 0 Å². The van der Waals surface area contributed by atoms with Gasteiger partial charge in [0.15, 0.2) is 0 Å². The molecule has 0 heterocycles. The van der Waals surface area contributed by atoms with Gasteiger partial charge in [-0.05, 0) is 24.7 Å². The minimum atomic E-state index is -0.802. The summed E-state index contributed by atoms with van der Waals surface area (Å²) >= 11 is 4.92. The van der Waals surface area contributed by atoms with Gasteiger partial charge >= 0.3 is 5.97 Å². The van der Waals surface area contributed by atoms with Crippen LogP contribution in [-0.2, 0) is 4.79 Å². The zero-order valence-corrected chi connectivity index (χ0v) is 11.3. The Morgan fingerprint density at radius 1 is 1.62 bits per heavy atom. The van der Waals surface area contributed by atoms with Crippen molar-refractivity contribution in [2.75, 3.05) is 12.3 Å². The third kappa shape index (κ3) is 4.55. The van der Waals surface area contributed by atoms with E-state index in [-0.39, 0.29) is 0 Å². The molecule has 1 aromatic rings. The van der Waals surface area contributed by atoms with Gasteiger partial charge in [0.2, 0.25) is 0 Å². The number of carbonyl (C=O) groups is 1. The van der Waals surface area contributed by atoms with Crippen LogP contribution >= 0.6 is 27.7 Å². The van der Waals surface area contributed by atoms with Crippen molar-refractivity contribution in [3.8, 4) is 0 Å². The van der Waals surface area contributed by atoms with Crippen molar-refractivity contribution in [1.82, 2.24) is 5.32 Å². The molecule has 0 spiro atoms. The third-order valence-electron chi connectivity index (χ3n) is 1.96. The SMILES string of the molecule is CCNC(CSc1cccc(Br)c1)C(=O)O. The highest BCUT2D eigenvalue weighted by Crippen LogP contribution is 2.22. The second-order valence-corrected chi connectivity index (χ2v) is 5.23. The molecule has 1 unspecified atom stereocenters. The summed E-state index contributed by atoms with van der Waals surface area (Å²) in [6, 6.07) is 7.35. The van der Waals surface area contributed by atoms with Crippen LogP contribution in [-0.4, -0.2) is 29.4 Å². The van der Waals surface area contributed by atoms with Crippen molar-refractivity contribution in [2.24, 2.45) is 0 Å². The topological polar surface area (TPSA) is 49.3 Å². The molecule has 0 bridgehead atoms. The maximum Gasteiger partial charge on any atom is 0.321 e. The molecule has 1 atom stereocenters. The normalized spacial score (nSPS) is 12.4. The summed E-state index contributed by atoms with van der Waals surface area (Å²) in [5, 5.41) is 11.9. The molecular weight excluding hydrogens is 290 g/mol. The van der Waals surface area contributed by atoms with E-state index in [1.54, 1.807) is 0 Å². The van der Waals surface area contributed by atoms with Gasteiger partial charge < -0.3 is 10.4 Å². The van der Waals surface area contributed by atoms with E-state index in [2.05, 4.69) is 21.2 Å². The van der Waals surface area contributed by atoms with E-state index >= 15 is 0 Å². The molecule has 0 radical (unpaired) electrons. The van der Waals surface area contributed by atoms with Gasteiger partial charge in [-0.1, -0.05) is 28.9 Å². The monoisotopic (exact) mass is 303 g/mol. The highest BCUT2D eigenvalue weighted by atomic mass is 79.9. The molecule has 0 aliphatic rings. The minimum absolute atomic E-state index is 0.492. The van der Waals surface area contributed by atoms with Gasteiger partial charge in [0.25, 0.3) is 0 Å². The summed E-state index contributed by atoms with van der Waals surface area (Å²) in [4.78, 5) is 12.0. The van der Waals surface area contributed by atoms with Gasteiger partial charge in [-0.2, -0.15) is 0 Å². The number of hydrogen-bond acceptors (Lipinski definition) is 3. The average molecular weight is 304 g/mol. The predicted molar refractivity (Wildman–Crippen MR) is 70.0 cm³/mol. The number of hydrogen-bond donors (Lipinski definition) is 2. The number of benzene rings is 1. The van der Waals surface area contributed by atoms with Gasteiger partial charge in [0.05, 0.1) is 0 Å². The summed E-state index contributed by atoms with van der Waals surface area (Å²) in [5.41, 5.74) is 0. The summed E-state index contributed by atoms with van der Waals surface area (Å²) in [5.74, 6) is -0.274. The molecule has 0 saturated carbocycles. The van der Waals surface area contributed by atoms with Gasteiger partial charge in [-0.25, -0.2) is 0 Å². The average Bonchev–Trinajstić information content (AvgIpc) is 2.24. The first-order valence-electron chi connectivity index (χ1n) is 4.98. The lowest BCUT2D eigenvalue weighted by molar-refractivity contribution is -0.138. The Morgan fingerprint density at radius 3 is 2.94 bits per heavy atom. The molecule has 2 N–H and O–H groups in total. The Kier molecular flexibility index (Phi) is 5.87. The molecule has 0 aliphatic heterocycles. The first-order valence-corrected chi connectivity index (χ1v) is 6.76. The van der Waals surface area contributed by atoms with Crippen LogP contribution in [0.5, 0.6) is 0 Å². The maximum atomic E-state index is 10.9. The smallest absolute Gasteiger partial charge is 0.321 e. The molecule has 1 aromatic carbocycles.